The average Bonchev–Trinajstić information content (AvgIpc) is 3.22. The Morgan fingerprint density at radius 2 is 1.67 bits per heavy atom. The Balaban J connectivity index is 1.43. The maximum Gasteiger partial charge on any atom is 0.332 e. The third-order valence-corrected chi connectivity index (χ3v) is 7.61. The first-order chi connectivity index (χ1) is 12.8. The molecule has 0 aromatic heterocycles. The van der Waals surface area contributed by atoms with E-state index in [9.17, 15) is 13.2 Å². The fourth-order valence-corrected chi connectivity index (χ4v) is 5.91. The number of amides is 2. The van der Waals surface area contributed by atoms with Gasteiger partial charge in [-0.2, -0.15) is 0 Å². The van der Waals surface area contributed by atoms with Crippen molar-refractivity contribution < 1.29 is 13.2 Å². The lowest BCUT2D eigenvalue weighted by atomic mass is 9.96. The molecule has 1 aromatic carbocycles. The van der Waals surface area contributed by atoms with E-state index < -0.39 is 16.1 Å². The summed E-state index contributed by atoms with van der Waals surface area (Å²) in [5.41, 5.74) is 5.90. The molecule has 2 unspecified atom stereocenters. The summed E-state index contributed by atoms with van der Waals surface area (Å²) in [6.45, 7) is 4.66. The number of benzene rings is 1. The summed E-state index contributed by atoms with van der Waals surface area (Å²) in [5.74, 6) is -0.0555. The normalized spacial score (nSPS) is 24.2. The average molecular weight is 392 g/mol. The van der Waals surface area contributed by atoms with Gasteiger partial charge in [-0.3, -0.25) is 4.90 Å². The second-order valence-electron chi connectivity index (χ2n) is 8.28. The number of anilines is 1. The lowest BCUT2D eigenvalue weighted by Crippen LogP contribution is -2.54. The van der Waals surface area contributed by atoms with Gasteiger partial charge < -0.3 is 5.32 Å². The Morgan fingerprint density at radius 1 is 1.07 bits per heavy atom. The second kappa shape index (κ2) is 7.09. The molecule has 0 saturated carbocycles. The van der Waals surface area contributed by atoms with Crippen LogP contribution in [0.4, 0.5) is 10.5 Å². The zero-order valence-corrected chi connectivity index (χ0v) is 17.0. The summed E-state index contributed by atoms with van der Waals surface area (Å²) in [5, 5.41) is 2.89. The number of hydrogen-bond acceptors (Lipinski definition) is 4. The topological polar surface area (TPSA) is 78.5 Å². The van der Waals surface area contributed by atoms with Crippen molar-refractivity contribution in [3.8, 4) is 0 Å². The molecule has 2 atom stereocenters. The van der Waals surface area contributed by atoms with E-state index in [2.05, 4.69) is 34.9 Å². The van der Waals surface area contributed by atoms with Crippen molar-refractivity contribution in [1.29, 1.82) is 0 Å². The number of carbonyl (C=O) groups excluding carboxylic acids is 1. The van der Waals surface area contributed by atoms with Crippen molar-refractivity contribution in [1.82, 2.24) is 9.62 Å². The Hall–Kier alpha value is -1.60. The quantitative estimate of drug-likeness (QED) is 0.809. The van der Waals surface area contributed by atoms with E-state index in [-0.39, 0.29) is 5.75 Å². The molecule has 1 saturated heterocycles. The number of urea groups is 1. The SMILES string of the molecule is CC1CC(C)N1CCS(=O)(=O)NC(=O)Nc1c2c(cc3c1CCC3)CCC2. The first kappa shape index (κ1) is 18.7. The molecule has 148 valence electrons. The molecule has 0 radical (unpaired) electrons. The van der Waals surface area contributed by atoms with Crippen LogP contribution in [0.1, 0.15) is 55.4 Å². The highest BCUT2D eigenvalue weighted by Crippen LogP contribution is 2.38. The van der Waals surface area contributed by atoms with E-state index in [1.54, 1.807) is 0 Å². The van der Waals surface area contributed by atoms with Crippen molar-refractivity contribution >= 4 is 21.7 Å². The number of carbonyl (C=O) groups is 1. The summed E-state index contributed by atoms with van der Waals surface area (Å²) < 4.78 is 26.9. The van der Waals surface area contributed by atoms with Crippen LogP contribution in [-0.2, 0) is 35.7 Å². The van der Waals surface area contributed by atoms with Gasteiger partial charge in [0, 0.05) is 24.3 Å². The fourth-order valence-electron chi connectivity index (χ4n) is 5.03. The van der Waals surface area contributed by atoms with Crippen molar-refractivity contribution in [2.24, 2.45) is 0 Å². The molecule has 27 heavy (non-hydrogen) atoms. The first-order valence-electron chi connectivity index (χ1n) is 10.1. The predicted molar refractivity (Wildman–Crippen MR) is 107 cm³/mol. The third kappa shape index (κ3) is 3.72. The van der Waals surface area contributed by atoms with Gasteiger partial charge in [0.05, 0.1) is 5.75 Å². The number of hydrogen-bond donors (Lipinski definition) is 2. The van der Waals surface area contributed by atoms with Crippen molar-refractivity contribution in [3.05, 3.63) is 28.3 Å². The Morgan fingerprint density at radius 3 is 2.22 bits per heavy atom. The lowest BCUT2D eigenvalue weighted by Gasteiger charge is -2.45. The smallest absolute Gasteiger partial charge is 0.307 e. The summed E-state index contributed by atoms with van der Waals surface area (Å²) in [6.07, 6.45) is 7.29. The van der Waals surface area contributed by atoms with Gasteiger partial charge >= 0.3 is 6.03 Å². The fraction of sp³-hybridized carbons (Fsp3) is 0.650. The van der Waals surface area contributed by atoms with Crippen molar-refractivity contribution in [2.75, 3.05) is 17.6 Å². The second-order valence-corrected chi connectivity index (χ2v) is 10.1. The maximum atomic E-state index is 12.5. The highest BCUT2D eigenvalue weighted by Gasteiger charge is 2.32. The van der Waals surface area contributed by atoms with E-state index in [0.717, 1.165) is 50.6 Å². The van der Waals surface area contributed by atoms with Crippen LogP contribution in [-0.4, -0.2) is 43.7 Å². The van der Waals surface area contributed by atoms with Gasteiger partial charge in [-0.25, -0.2) is 17.9 Å². The highest BCUT2D eigenvalue weighted by atomic mass is 32.2. The minimum atomic E-state index is -3.65. The number of aryl methyl sites for hydroxylation is 2. The van der Waals surface area contributed by atoms with Crippen LogP contribution in [0.3, 0.4) is 0 Å². The standard InChI is InChI=1S/C20H29N3O3S/c1-13-11-14(2)23(13)9-10-27(25,26)22-20(24)21-19-17-7-3-5-15(17)12-16-6-4-8-18(16)19/h12-14H,3-11H2,1-2H3,(H2,21,22,24). The molecule has 0 spiro atoms. The number of likely N-dealkylation sites (tertiary alicyclic amines) is 1. The van der Waals surface area contributed by atoms with Crippen LogP contribution in [0, 0.1) is 0 Å². The minimum Gasteiger partial charge on any atom is -0.307 e. The molecule has 1 heterocycles. The Labute approximate surface area is 161 Å². The van der Waals surface area contributed by atoms with Crippen LogP contribution in [0.25, 0.3) is 0 Å². The van der Waals surface area contributed by atoms with Crippen molar-refractivity contribution in [2.45, 2.75) is 70.9 Å². The molecular formula is C20H29N3O3S. The summed E-state index contributed by atoms with van der Waals surface area (Å²) in [6, 6.07) is 2.49. The number of nitrogens with zero attached hydrogens (tertiary/aromatic N) is 1. The van der Waals surface area contributed by atoms with Crippen LogP contribution < -0.4 is 10.0 Å². The molecule has 3 aliphatic rings. The highest BCUT2D eigenvalue weighted by molar-refractivity contribution is 7.90. The van der Waals surface area contributed by atoms with E-state index in [0.29, 0.717) is 18.6 Å². The molecule has 2 amide bonds. The molecule has 2 aliphatic carbocycles. The van der Waals surface area contributed by atoms with E-state index in [1.165, 1.54) is 22.3 Å². The molecule has 6 nitrogen and oxygen atoms in total. The first-order valence-corrected chi connectivity index (χ1v) is 11.7. The van der Waals surface area contributed by atoms with Gasteiger partial charge in [-0.15, -0.1) is 0 Å². The number of fused-ring (bicyclic) bond motifs is 2. The van der Waals surface area contributed by atoms with Gasteiger partial charge in [0.2, 0.25) is 10.0 Å². The molecule has 0 bridgehead atoms. The number of sulfonamides is 1. The van der Waals surface area contributed by atoms with E-state index in [4.69, 9.17) is 0 Å². The number of nitrogens with one attached hydrogen (secondary N) is 2. The third-order valence-electron chi connectivity index (χ3n) is 6.39. The Kier molecular flexibility index (Phi) is 4.93. The molecule has 1 fully saturated rings. The van der Waals surface area contributed by atoms with Crippen LogP contribution in [0.5, 0.6) is 0 Å². The molecular weight excluding hydrogens is 362 g/mol. The van der Waals surface area contributed by atoms with Gasteiger partial charge in [0.25, 0.3) is 0 Å². The zero-order valence-electron chi connectivity index (χ0n) is 16.2. The van der Waals surface area contributed by atoms with Gasteiger partial charge in [0.1, 0.15) is 0 Å². The largest absolute Gasteiger partial charge is 0.332 e. The maximum absolute atomic E-state index is 12.5. The molecule has 2 N–H and O–H groups in total. The summed E-state index contributed by atoms with van der Waals surface area (Å²) in [7, 11) is -3.65. The molecule has 1 aromatic rings. The van der Waals surface area contributed by atoms with Gasteiger partial charge in [-0.05, 0) is 81.0 Å². The lowest BCUT2D eigenvalue weighted by molar-refractivity contribution is 0.0451. The predicted octanol–water partition coefficient (Wildman–Crippen LogP) is 2.60. The van der Waals surface area contributed by atoms with Crippen molar-refractivity contribution in [3.63, 3.8) is 0 Å². The van der Waals surface area contributed by atoms with E-state index in [1.807, 2.05) is 0 Å². The zero-order chi connectivity index (χ0) is 19.2. The summed E-state index contributed by atoms with van der Waals surface area (Å²) >= 11 is 0. The Bertz CT molecular complexity index is 825. The molecule has 7 heteroatoms. The monoisotopic (exact) mass is 391 g/mol. The summed E-state index contributed by atoms with van der Waals surface area (Å²) in [4.78, 5) is 14.6. The molecule has 4 rings (SSSR count). The van der Waals surface area contributed by atoms with Crippen LogP contribution >= 0.6 is 0 Å². The van der Waals surface area contributed by atoms with Crippen LogP contribution in [0.15, 0.2) is 6.07 Å². The minimum absolute atomic E-state index is 0.0555. The van der Waals surface area contributed by atoms with Crippen LogP contribution in [0.2, 0.25) is 0 Å². The van der Waals surface area contributed by atoms with Gasteiger partial charge in [0.15, 0.2) is 0 Å². The van der Waals surface area contributed by atoms with E-state index >= 15 is 0 Å². The molecule has 1 aliphatic heterocycles. The number of rotatable bonds is 5. The van der Waals surface area contributed by atoms with Gasteiger partial charge in [-0.1, -0.05) is 6.07 Å².